The summed E-state index contributed by atoms with van der Waals surface area (Å²) in [5.74, 6) is 2.11. The Morgan fingerprint density at radius 3 is 2.94 bits per heavy atom. The molecule has 3 heteroatoms. The number of piperidine rings is 1. The van der Waals surface area contributed by atoms with Crippen molar-refractivity contribution in [1.29, 1.82) is 0 Å². The lowest BCUT2D eigenvalue weighted by molar-refractivity contribution is 0.547. The van der Waals surface area contributed by atoms with Crippen LogP contribution in [0.2, 0.25) is 0 Å². The molecule has 1 aliphatic heterocycles. The fourth-order valence-electron chi connectivity index (χ4n) is 3.24. The molecule has 2 aliphatic rings. The van der Waals surface area contributed by atoms with Crippen molar-refractivity contribution in [2.24, 2.45) is 5.92 Å². The van der Waals surface area contributed by atoms with Crippen LogP contribution in [0.4, 0.5) is 5.82 Å². The molecule has 1 aliphatic carbocycles. The third kappa shape index (κ3) is 2.37. The first-order valence-corrected chi connectivity index (χ1v) is 7.18. The van der Waals surface area contributed by atoms with E-state index in [4.69, 9.17) is 4.98 Å². The summed E-state index contributed by atoms with van der Waals surface area (Å²) in [6.07, 6.45) is 4.17. The molecule has 0 spiro atoms. The molecule has 2 bridgehead atoms. The quantitative estimate of drug-likeness (QED) is 0.883. The van der Waals surface area contributed by atoms with E-state index in [1.807, 2.05) is 0 Å². The largest absolute Gasteiger partial charge is 0.353 e. The summed E-state index contributed by atoms with van der Waals surface area (Å²) in [6, 6.07) is 7.70. The third-order valence-corrected chi connectivity index (χ3v) is 4.19. The molecular weight excluding hydrogens is 222 g/mol. The van der Waals surface area contributed by atoms with Crippen molar-refractivity contribution in [3.63, 3.8) is 0 Å². The highest BCUT2D eigenvalue weighted by Crippen LogP contribution is 2.39. The number of anilines is 1. The summed E-state index contributed by atoms with van der Waals surface area (Å²) in [5.41, 5.74) is 1.16. The number of rotatable bonds is 4. The van der Waals surface area contributed by atoms with E-state index in [0.29, 0.717) is 6.04 Å². The van der Waals surface area contributed by atoms with Crippen LogP contribution in [-0.4, -0.2) is 23.6 Å². The van der Waals surface area contributed by atoms with Gasteiger partial charge < -0.3 is 10.2 Å². The van der Waals surface area contributed by atoms with Crippen molar-refractivity contribution in [3.8, 4) is 0 Å². The second kappa shape index (κ2) is 4.88. The van der Waals surface area contributed by atoms with Crippen molar-refractivity contribution < 1.29 is 0 Å². The Bertz CT molecular complexity index is 416. The summed E-state index contributed by atoms with van der Waals surface area (Å²) < 4.78 is 0. The van der Waals surface area contributed by atoms with Gasteiger partial charge in [-0.3, -0.25) is 0 Å². The molecule has 1 saturated carbocycles. The highest BCUT2D eigenvalue weighted by atomic mass is 15.2. The van der Waals surface area contributed by atoms with Crippen LogP contribution in [0.1, 0.15) is 38.8 Å². The maximum absolute atomic E-state index is 4.81. The molecule has 3 nitrogen and oxygen atoms in total. The van der Waals surface area contributed by atoms with E-state index in [9.17, 15) is 0 Å². The highest BCUT2D eigenvalue weighted by molar-refractivity contribution is 5.43. The fourth-order valence-corrected chi connectivity index (χ4v) is 3.24. The van der Waals surface area contributed by atoms with E-state index < -0.39 is 0 Å². The van der Waals surface area contributed by atoms with Crippen molar-refractivity contribution in [2.45, 2.75) is 51.7 Å². The van der Waals surface area contributed by atoms with Crippen LogP contribution in [-0.2, 0) is 6.54 Å². The first-order chi connectivity index (χ1) is 8.72. The van der Waals surface area contributed by atoms with Gasteiger partial charge in [0.1, 0.15) is 5.82 Å². The maximum Gasteiger partial charge on any atom is 0.129 e. The third-order valence-electron chi connectivity index (χ3n) is 4.19. The van der Waals surface area contributed by atoms with Crippen LogP contribution in [0, 0.1) is 5.92 Å². The van der Waals surface area contributed by atoms with E-state index in [2.05, 4.69) is 42.3 Å². The lowest BCUT2D eigenvalue weighted by Gasteiger charge is -2.28. The summed E-state index contributed by atoms with van der Waals surface area (Å²) >= 11 is 0. The fraction of sp³-hybridized carbons (Fsp3) is 0.667. The topological polar surface area (TPSA) is 28.2 Å². The molecule has 98 valence electrons. The van der Waals surface area contributed by atoms with E-state index in [0.717, 1.165) is 24.2 Å². The van der Waals surface area contributed by atoms with Crippen LogP contribution in [0.5, 0.6) is 0 Å². The average molecular weight is 245 g/mol. The molecule has 2 fully saturated rings. The van der Waals surface area contributed by atoms with Crippen molar-refractivity contribution in [2.75, 3.05) is 11.4 Å². The van der Waals surface area contributed by atoms with Gasteiger partial charge in [0, 0.05) is 25.2 Å². The van der Waals surface area contributed by atoms with Gasteiger partial charge >= 0.3 is 0 Å². The molecule has 1 saturated heterocycles. The lowest BCUT2D eigenvalue weighted by Crippen LogP contribution is -2.32. The van der Waals surface area contributed by atoms with Crippen LogP contribution in [0.15, 0.2) is 18.2 Å². The van der Waals surface area contributed by atoms with Gasteiger partial charge in [-0.15, -0.1) is 0 Å². The highest BCUT2D eigenvalue weighted by Gasteiger charge is 2.38. The Morgan fingerprint density at radius 2 is 2.28 bits per heavy atom. The van der Waals surface area contributed by atoms with Gasteiger partial charge in [-0.2, -0.15) is 0 Å². The van der Waals surface area contributed by atoms with Crippen molar-refractivity contribution in [1.82, 2.24) is 10.3 Å². The Balaban J connectivity index is 1.71. The number of hydrogen-bond acceptors (Lipinski definition) is 3. The number of hydrogen-bond donors (Lipinski definition) is 1. The smallest absolute Gasteiger partial charge is 0.129 e. The molecule has 1 N–H and O–H groups in total. The molecule has 2 heterocycles. The second-order valence-electron chi connectivity index (χ2n) is 6.01. The molecule has 3 rings (SSSR count). The van der Waals surface area contributed by atoms with Crippen LogP contribution >= 0.6 is 0 Å². The Kier molecular flexibility index (Phi) is 3.25. The molecule has 2 atom stereocenters. The number of nitrogens with zero attached hydrogens (tertiary/aromatic N) is 2. The van der Waals surface area contributed by atoms with Gasteiger partial charge in [0.25, 0.3) is 0 Å². The summed E-state index contributed by atoms with van der Waals surface area (Å²) in [4.78, 5) is 7.33. The van der Waals surface area contributed by atoms with Gasteiger partial charge in [-0.1, -0.05) is 19.9 Å². The van der Waals surface area contributed by atoms with E-state index >= 15 is 0 Å². The van der Waals surface area contributed by atoms with Gasteiger partial charge in [-0.25, -0.2) is 4.98 Å². The number of pyridine rings is 1. The number of nitrogens with one attached hydrogen (secondary N) is 1. The lowest BCUT2D eigenvalue weighted by atomic mass is 10.1. The first-order valence-electron chi connectivity index (χ1n) is 7.18. The molecule has 1 aromatic heterocycles. The van der Waals surface area contributed by atoms with E-state index in [-0.39, 0.29) is 0 Å². The minimum Gasteiger partial charge on any atom is -0.353 e. The average Bonchev–Trinajstić information content (AvgIpc) is 2.99. The van der Waals surface area contributed by atoms with Gasteiger partial charge in [0.2, 0.25) is 0 Å². The summed E-state index contributed by atoms with van der Waals surface area (Å²) in [7, 11) is 0. The number of fused-ring (bicyclic) bond motifs is 2. The standard InChI is InChI=1S/C15H23N3/c1-11(2)16-9-13-4-3-5-15(17-13)18-10-12-6-7-14(18)8-12/h3-5,11-12,14,16H,6-10H2,1-2H3. The van der Waals surface area contributed by atoms with Crippen LogP contribution < -0.4 is 10.2 Å². The second-order valence-corrected chi connectivity index (χ2v) is 6.01. The predicted octanol–water partition coefficient (Wildman–Crippen LogP) is 2.57. The molecular formula is C15H23N3. The van der Waals surface area contributed by atoms with Gasteiger partial charge in [0.05, 0.1) is 5.69 Å². The van der Waals surface area contributed by atoms with Crippen LogP contribution in [0.3, 0.4) is 0 Å². The zero-order valence-electron chi connectivity index (χ0n) is 11.4. The Labute approximate surface area is 110 Å². The maximum atomic E-state index is 4.81. The summed E-state index contributed by atoms with van der Waals surface area (Å²) in [6.45, 7) is 6.43. The SMILES string of the molecule is CC(C)NCc1cccc(N2CC3CCC2C3)n1. The summed E-state index contributed by atoms with van der Waals surface area (Å²) in [5, 5.41) is 3.43. The molecule has 0 aromatic carbocycles. The molecule has 0 amide bonds. The van der Waals surface area contributed by atoms with E-state index in [1.54, 1.807) is 0 Å². The normalized spacial score (nSPS) is 26.3. The molecule has 2 unspecified atom stereocenters. The first kappa shape index (κ1) is 12.0. The zero-order valence-corrected chi connectivity index (χ0v) is 11.4. The zero-order chi connectivity index (χ0) is 12.5. The minimum absolute atomic E-state index is 0.512. The minimum atomic E-state index is 0.512. The Morgan fingerprint density at radius 1 is 1.39 bits per heavy atom. The molecule has 0 radical (unpaired) electrons. The van der Waals surface area contributed by atoms with E-state index in [1.165, 1.54) is 31.6 Å². The monoisotopic (exact) mass is 245 g/mol. The Hall–Kier alpha value is -1.09. The van der Waals surface area contributed by atoms with Gasteiger partial charge in [-0.05, 0) is 37.3 Å². The predicted molar refractivity (Wildman–Crippen MR) is 74.7 cm³/mol. The molecule has 1 aromatic rings. The van der Waals surface area contributed by atoms with Crippen LogP contribution in [0.25, 0.3) is 0 Å². The van der Waals surface area contributed by atoms with Crippen molar-refractivity contribution >= 4 is 5.82 Å². The van der Waals surface area contributed by atoms with Crippen molar-refractivity contribution in [3.05, 3.63) is 23.9 Å². The number of aromatic nitrogens is 1. The van der Waals surface area contributed by atoms with Gasteiger partial charge in [0.15, 0.2) is 0 Å². The molecule has 18 heavy (non-hydrogen) atoms.